The van der Waals surface area contributed by atoms with Gasteiger partial charge in [-0.15, -0.1) is 0 Å². The molecular weight excluding hydrogens is 300 g/mol. The maximum Gasteiger partial charge on any atom is 0.275 e. The normalized spacial score (nSPS) is 19.7. The molecule has 0 saturated carbocycles. The monoisotopic (exact) mass is 314 g/mol. The van der Waals surface area contributed by atoms with Gasteiger partial charge in [0.05, 0.1) is 11.5 Å². The zero-order chi connectivity index (χ0) is 13.0. The van der Waals surface area contributed by atoms with Gasteiger partial charge in [0.25, 0.3) is 5.69 Å². The zero-order valence-corrected chi connectivity index (χ0v) is 11.5. The number of nitrogens with zero attached hydrogens (tertiary/aromatic N) is 1. The Bertz CT molecular complexity index is 433. The third-order valence-electron chi connectivity index (χ3n) is 2.99. The Kier molecular flexibility index (Phi) is 4.68. The molecular formula is C12H15BrN2O3. The lowest BCUT2D eigenvalue weighted by molar-refractivity contribution is -0.385. The Morgan fingerprint density at radius 3 is 3.06 bits per heavy atom. The van der Waals surface area contributed by atoms with E-state index in [0.29, 0.717) is 24.8 Å². The minimum atomic E-state index is -0.348. The SMILES string of the molecule is O=[N+]([O-])c1cc(Br)ccc1CNC1CCCOC1. The lowest BCUT2D eigenvalue weighted by atomic mass is 10.1. The van der Waals surface area contributed by atoms with Crippen LogP contribution in [0.2, 0.25) is 0 Å². The lowest BCUT2D eigenvalue weighted by Crippen LogP contribution is -2.36. The van der Waals surface area contributed by atoms with Crippen LogP contribution in [-0.2, 0) is 11.3 Å². The second-order valence-corrected chi connectivity index (χ2v) is 5.24. The van der Waals surface area contributed by atoms with Crippen molar-refractivity contribution in [2.75, 3.05) is 13.2 Å². The highest BCUT2D eigenvalue weighted by Gasteiger charge is 2.17. The van der Waals surface area contributed by atoms with E-state index >= 15 is 0 Å². The Morgan fingerprint density at radius 2 is 2.39 bits per heavy atom. The van der Waals surface area contributed by atoms with Crippen LogP contribution in [-0.4, -0.2) is 24.2 Å². The van der Waals surface area contributed by atoms with Crippen LogP contribution < -0.4 is 5.32 Å². The van der Waals surface area contributed by atoms with Crippen LogP contribution in [0, 0.1) is 10.1 Å². The standard InChI is InChI=1S/C12H15BrN2O3/c13-10-4-3-9(12(6-10)15(16)17)7-14-11-2-1-5-18-8-11/h3-4,6,11,14H,1-2,5,7-8H2. The Hall–Kier alpha value is -0.980. The Balaban J connectivity index is 2.01. The predicted octanol–water partition coefficient (Wildman–Crippen LogP) is 2.63. The van der Waals surface area contributed by atoms with Crippen LogP contribution in [0.4, 0.5) is 5.69 Å². The van der Waals surface area contributed by atoms with E-state index in [1.54, 1.807) is 6.07 Å². The maximum atomic E-state index is 11.0. The van der Waals surface area contributed by atoms with E-state index in [0.717, 1.165) is 23.9 Å². The minimum Gasteiger partial charge on any atom is -0.380 e. The third kappa shape index (κ3) is 3.51. The Morgan fingerprint density at radius 1 is 1.56 bits per heavy atom. The average molecular weight is 315 g/mol. The van der Waals surface area contributed by atoms with Gasteiger partial charge in [0.2, 0.25) is 0 Å². The molecule has 98 valence electrons. The molecule has 1 aliphatic rings. The van der Waals surface area contributed by atoms with E-state index in [1.807, 2.05) is 6.07 Å². The number of nitro groups is 1. The highest BCUT2D eigenvalue weighted by molar-refractivity contribution is 9.10. The van der Waals surface area contributed by atoms with Crippen molar-refractivity contribution in [3.63, 3.8) is 0 Å². The van der Waals surface area contributed by atoms with E-state index in [2.05, 4.69) is 21.2 Å². The van der Waals surface area contributed by atoms with Gasteiger partial charge in [-0.3, -0.25) is 10.1 Å². The van der Waals surface area contributed by atoms with Crippen molar-refractivity contribution in [2.45, 2.75) is 25.4 Å². The van der Waals surface area contributed by atoms with Gasteiger partial charge in [0.15, 0.2) is 0 Å². The number of nitro benzene ring substituents is 1. The summed E-state index contributed by atoms with van der Waals surface area (Å²) in [6.45, 7) is 2.00. The third-order valence-corrected chi connectivity index (χ3v) is 3.48. The van der Waals surface area contributed by atoms with Crippen molar-refractivity contribution in [3.05, 3.63) is 38.3 Å². The highest BCUT2D eigenvalue weighted by Crippen LogP contribution is 2.23. The first kappa shape index (κ1) is 13.5. The smallest absolute Gasteiger partial charge is 0.275 e. The fourth-order valence-corrected chi connectivity index (χ4v) is 2.36. The quantitative estimate of drug-likeness (QED) is 0.685. The molecule has 1 aliphatic heterocycles. The maximum absolute atomic E-state index is 11.0. The molecule has 1 saturated heterocycles. The summed E-state index contributed by atoms with van der Waals surface area (Å²) in [6.07, 6.45) is 2.10. The van der Waals surface area contributed by atoms with Crippen molar-refractivity contribution >= 4 is 21.6 Å². The molecule has 0 amide bonds. The first-order valence-electron chi connectivity index (χ1n) is 5.91. The zero-order valence-electron chi connectivity index (χ0n) is 9.89. The predicted molar refractivity (Wildman–Crippen MR) is 71.5 cm³/mol. The highest BCUT2D eigenvalue weighted by atomic mass is 79.9. The number of rotatable bonds is 4. The van der Waals surface area contributed by atoms with E-state index in [4.69, 9.17) is 4.74 Å². The molecule has 0 spiro atoms. The van der Waals surface area contributed by atoms with E-state index in [1.165, 1.54) is 6.07 Å². The number of hydrogen-bond acceptors (Lipinski definition) is 4. The van der Waals surface area contributed by atoms with Crippen molar-refractivity contribution in [3.8, 4) is 0 Å². The minimum absolute atomic E-state index is 0.147. The molecule has 0 aromatic heterocycles. The van der Waals surface area contributed by atoms with Crippen LogP contribution in [0.5, 0.6) is 0 Å². The van der Waals surface area contributed by atoms with Crippen molar-refractivity contribution < 1.29 is 9.66 Å². The van der Waals surface area contributed by atoms with E-state index < -0.39 is 0 Å². The molecule has 1 atom stereocenters. The molecule has 0 radical (unpaired) electrons. The molecule has 1 aromatic rings. The molecule has 1 fully saturated rings. The summed E-state index contributed by atoms with van der Waals surface area (Å²) in [5, 5.41) is 14.3. The van der Waals surface area contributed by atoms with Gasteiger partial charge in [0, 0.05) is 35.3 Å². The van der Waals surface area contributed by atoms with Gasteiger partial charge in [-0.2, -0.15) is 0 Å². The van der Waals surface area contributed by atoms with Crippen LogP contribution in [0.15, 0.2) is 22.7 Å². The van der Waals surface area contributed by atoms with Gasteiger partial charge in [-0.25, -0.2) is 0 Å². The van der Waals surface area contributed by atoms with Gasteiger partial charge < -0.3 is 10.1 Å². The fraction of sp³-hybridized carbons (Fsp3) is 0.500. The number of ether oxygens (including phenoxy) is 1. The topological polar surface area (TPSA) is 64.4 Å². The first-order chi connectivity index (χ1) is 8.66. The van der Waals surface area contributed by atoms with Crippen molar-refractivity contribution in [1.82, 2.24) is 5.32 Å². The molecule has 1 unspecified atom stereocenters. The second kappa shape index (κ2) is 6.26. The van der Waals surface area contributed by atoms with E-state index in [9.17, 15) is 10.1 Å². The largest absolute Gasteiger partial charge is 0.380 e. The van der Waals surface area contributed by atoms with Crippen LogP contribution in [0.25, 0.3) is 0 Å². The molecule has 18 heavy (non-hydrogen) atoms. The number of hydrogen-bond donors (Lipinski definition) is 1. The summed E-state index contributed by atoms with van der Waals surface area (Å²) >= 11 is 3.25. The lowest BCUT2D eigenvalue weighted by Gasteiger charge is -2.23. The molecule has 1 heterocycles. The molecule has 2 rings (SSSR count). The van der Waals surface area contributed by atoms with E-state index in [-0.39, 0.29) is 10.6 Å². The van der Waals surface area contributed by atoms with Gasteiger partial charge in [-0.05, 0) is 25.0 Å². The van der Waals surface area contributed by atoms with Crippen molar-refractivity contribution in [2.24, 2.45) is 0 Å². The van der Waals surface area contributed by atoms with Gasteiger partial charge in [-0.1, -0.05) is 15.9 Å². The molecule has 6 heteroatoms. The summed E-state index contributed by atoms with van der Waals surface area (Å²) in [7, 11) is 0. The van der Waals surface area contributed by atoms with Gasteiger partial charge in [0.1, 0.15) is 0 Å². The first-order valence-corrected chi connectivity index (χ1v) is 6.70. The number of benzene rings is 1. The molecule has 0 bridgehead atoms. The Labute approximate surface area is 114 Å². The average Bonchev–Trinajstić information content (AvgIpc) is 2.38. The van der Waals surface area contributed by atoms with Gasteiger partial charge >= 0.3 is 0 Å². The second-order valence-electron chi connectivity index (χ2n) is 4.33. The fourth-order valence-electron chi connectivity index (χ4n) is 2.01. The summed E-state index contributed by atoms with van der Waals surface area (Å²) < 4.78 is 6.08. The molecule has 0 aliphatic carbocycles. The van der Waals surface area contributed by atoms with Crippen LogP contribution >= 0.6 is 15.9 Å². The molecule has 1 N–H and O–H groups in total. The van der Waals surface area contributed by atoms with Crippen LogP contribution in [0.1, 0.15) is 18.4 Å². The summed E-state index contributed by atoms with van der Waals surface area (Å²) in [6, 6.07) is 5.43. The van der Waals surface area contributed by atoms with Crippen molar-refractivity contribution in [1.29, 1.82) is 0 Å². The van der Waals surface area contributed by atoms with Crippen LogP contribution in [0.3, 0.4) is 0 Å². The summed E-state index contributed by atoms with van der Waals surface area (Å²) in [5.74, 6) is 0. The summed E-state index contributed by atoms with van der Waals surface area (Å²) in [4.78, 5) is 10.6. The number of nitrogens with one attached hydrogen (secondary N) is 1. The molecule has 5 nitrogen and oxygen atoms in total. The summed E-state index contributed by atoms with van der Waals surface area (Å²) in [5.41, 5.74) is 0.849. The number of halogens is 1. The molecule has 1 aromatic carbocycles.